The van der Waals surface area contributed by atoms with Gasteiger partial charge < -0.3 is 25.5 Å². The van der Waals surface area contributed by atoms with Crippen molar-refractivity contribution in [2.75, 3.05) is 18.5 Å². The van der Waals surface area contributed by atoms with E-state index in [9.17, 15) is 15.1 Å². The highest BCUT2D eigenvalue weighted by atomic mass is 16.5. The Morgan fingerprint density at radius 1 is 1.52 bits per heavy atom. The van der Waals surface area contributed by atoms with Gasteiger partial charge >= 0.3 is 7.12 Å². The predicted molar refractivity (Wildman–Crippen MR) is 106 cm³/mol. The van der Waals surface area contributed by atoms with Crippen molar-refractivity contribution >= 4 is 30.6 Å². The number of fused-ring (bicyclic) bond motifs is 1. The van der Waals surface area contributed by atoms with Gasteiger partial charge in [0.05, 0.1) is 24.6 Å². The third-order valence-corrected chi connectivity index (χ3v) is 5.13. The zero-order valence-electron chi connectivity index (χ0n) is 15.8. The van der Waals surface area contributed by atoms with Crippen LogP contribution in [-0.2, 0) is 4.74 Å². The average Bonchev–Trinajstić information content (AvgIpc) is 3.12. The summed E-state index contributed by atoms with van der Waals surface area (Å²) >= 11 is 0. The molecule has 1 aromatic carbocycles. The first-order chi connectivity index (χ1) is 14.0. The van der Waals surface area contributed by atoms with Crippen molar-refractivity contribution in [2.45, 2.75) is 19.4 Å². The molecule has 0 radical (unpaired) electrons. The summed E-state index contributed by atoms with van der Waals surface area (Å²) in [6.45, 7) is 2.75. The Morgan fingerprint density at radius 3 is 3.10 bits per heavy atom. The largest absolute Gasteiger partial charge is 0.552 e. The number of carbonyl (C=O) groups is 1. The standard InChI is InChI=1S/C19H20BN5O4/c1-11-6-17-12(2-4-20(27)29-17)7-15(11)23-19-14(18(22)26)9-25(24-19)16-10-28-5-3-13(16)8-21/h2,4,6-7,9,13,16,27H,3,5,10H2,1H3,(H2,22,26)(H,23,24)/t13-,16?/m1/s1. The Hall–Kier alpha value is -3.29. The third kappa shape index (κ3) is 3.70. The molecule has 1 aromatic heterocycles. The molecule has 2 aromatic rings. The number of hydrogen-bond acceptors (Lipinski definition) is 7. The maximum atomic E-state index is 12.0. The number of ether oxygens (including phenoxy) is 1. The number of primary amides is 1. The Kier molecular flexibility index (Phi) is 5.00. The van der Waals surface area contributed by atoms with Crippen molar-refractivity contribution in [3.05, 3.63) is 41.0 Å². The number of nitriles is 1. The molecule has 2 aliphatic heterocycles. The van der Waals surface area contributed by atoms with Crippen molar-refractivity contribution in [1.82, 2.24) is 9.78 Å². The van der Waals surface area contributed by atoms with Gasteiger partial charge in [-0.3, -0.25) is 9.48 Å². The highest BCUT2D eigenvalue weighted by Gasteiger charge is 2.30. The molecule has 1 saturated heterocycles. The molecule has 0 saturated carbocycles. The van der Waals surface area contributed by atoms with Crippen LogP contribution in [0.4, 0.5) is 11.5 Å². The Morgan fingerprint density at radius 2 is 2.34 bits per heavy atom. The van der Waals surface area contributed by atoms with E-state index < -0.39 is 13.0 Å². The van der Waals surface area contributed by atoms with Crippen LogP contribution in [0.25, 0.3) is 6.08 Å². The summed E-state index contributed by atoms with van der Waals surface area (Å²) in [6, 6.07) is 5.64. The first-order valence-electron chi connectivity index (χ1n) is 9.27. The maximum absolute atomic E-state index is 12.0. The van der Waals surface area contributed by atoms with Gasteiger partial charge in [0.25, 0.3) is 5.91 Å². The second-order valence-electron chi connectivity index (χ2n) is 7.10. The van der Waals surface area contributed by atoms with Crippen molar-refractivity contribution in [3.8, 4) is 11.8 Å². The number of rotatable bonds is 4. The minimum Gasteiger partial charge on any atom is -0.532 e. The Balaban J connectivity index is 1.68. The lowest BCUT2D eigenvalue weighted by atomic mass is 9.86. The lowest BCUT2D eigenvalue weighted by Crippen LogP contribution is -2.29. The maximum Gasteiger partial charge on any atom is 0.552 e. The molecule has 0 spiro atoms. The first-order valence-corrected chi connectivity index (χ1v) is 9.27. The molecule has 2 atom stereocenters. The monoisotopic (exact) mass is 393 g/mol. The van der Waals surface area contributed by atoms with E-state index in [-0.39, 0.29) is 17.5 Å². The van der Waals surface area contributed by atoms with Gasteiger partial charge in [-0.15, -0.1) is 0 Å². The zero-order chi connectivity index (χ0) is 20.5. The van der Waals surface area contributed by atoms with Crippen LogP contribution in [-0.4, -0.2) is 41.0 Å². The molecule has 1 amide bonds. The van der Waals surface area contributed by atoms with Crippen LogP contribution in [0.2, 0.25) is 0 Å². The molecule has 2 aliphatic rings. The molecule has 29 heavy (non-hydrogen) atoms. The summed E-state index contributed by atoms with van der Waals surface area (Å²) in [6.07, 6.45) is 3.93. The lowest BCUT2D eigenvalue weighted by Gasteiger charge is -2.27. The van der Waals surface area contributed by atoms with E-state index >= 15 is 0 Å². The third-order valence-electron chi connectivity index (χ3n) is 5.13. The van der Waals surface area contributed by atoms with Gasteiger partial charge in [-0.1, -0.05) is 6.08 Å². The predicted octanol–water partition coefficient (Wildman–Crippen LogP) is 1.56. The molecule has 4 N–H and O–H groups in total. The molecule has 10 heteroatoms. The molecular weight excluding hydrogens is 373 g/mol. The fourth-order valence-corrected chi connectivity index (χ4v) is 3.52. The van der Waals surface area contributed by atoms with Crippen LogP contribution >= 0.6 is 0 Å². The van der Waals surface area contributed by atoms with Crippen molar-refractivity contribution in [3.63, 3.8) is 0 Å². The van der Waals surface area contributed by atoms with Crippen LogP contribution in [0.3, 0.4) is 0 Å². The minimum atomic E-state index is -0.969. The molecule has 0 bridgehead atoms. The summed E-state index contributed by atoms with van der Waals surface area (Å²) in [4.78, 5) is 12.0. The van der Waals surface area contributed by atoms with E-state index in [2.05, 4.69) is 16.5 Å². The normalized spacial score (nSPS) is 20.5. The number of aryl methyl sites for hydroxylation is 1. The average molecular weight is 393 g/mol. The molecule has 1 fully saturated rings. The minimum absolute atomic E-state index is 0.228. The van der Waals surface area contributed by atoms with Gasteiger partial charge in [-0.25, -0.2) is 0 Å². The number of amides is 1. The zero-order valence-corrected chi connectivity index (χ0v) is 15.8. The number of hydrogen-bond donors (Lipinski definition) is 3. The van der Waals surface area contributed by atoms with Gasteiger partial charge in [-0.2, -0.15) is 10.4 Å². The van der Waals surface area contributed by atoms with Crippen LogP contribution in [0, 0.1) is 24.2 Å². The summed E-state index contributed by atoms with van der Waals surface area (Å²) in [5.41, 5.74) is 8.13. The lowest BCUT2D eigenvalue weighted by molar-refractivity contribution is 0.0342. The van der Waals surface area contributed by atoms with E-state index in [1.165, 1.54) is 5.98 Å². The van der Waals surface area contributed by atoms with Gasteiger partial charge in [0, 0.05) is 24.1 Å². The van der Waals surface area contributed by atoms with E-state index in [0.717, 1.165) is 16.8 Å². The summed E-state index contributed by atoms with van der Waals surface area (Å²) in [5.74, 6) is 1.54. The van der Waals surface area contributed by atoms with Crippen LogP contribution in [0.15, 0.2) is 24.3 Å². The number of nitrogens with two attached hydrogens (primary N) is 1. The molecule has 0 aliphatic carbocycles. The van der Waals surface area contributed by atoms with E-state index in [0.29, 0.717) is 31.2 Å². The van der Waals surface area contributed by atoms with Crippen molar-refractivity contribution < 1.29 is 19.2 Å². The second kappa shape index (κ2) is 7.62. The Bertz CT molecular complexity index is 1030. The van der Waals surface area contributed by atoms with E-state index in [1.54, 1.807) is 23.0 Å². The fraction of sp³-hybridized carbons (Fsp3) is 0.316. The van der Waals surface area contributed by atoms with Gasteiger partial charge in [-0.05, 0) is 37.0 Å². The molecule has 1 unspecified atom stereocenters. The second-order valence-corrected chi connectivity index (χ2v) is 7.10. The number of nitrogens with zero attached hydrogens (tertiary/aromatic N) is 3. The van der Waals surface area contributed by atoms with Gasteiger partial charge in [0.15, 0.2) is 5.82 Å². The Labute approximate surface area is 167 Å². The molecule has 148 valence electrons. The van der Waals surface area contributed by atoms with Gasteiger partial charge in [0.2, 0.25) is 0 Å². The highest BCUT2D eigenvalue weighted by molar-refractivity contribution is 6.51. The summed E-state index contributed by atoms with van der Waals surface area (Å²) in [5, 5.41) is 26.7. The summed E-state index contributed by atoms with van der Waals surface area (Å²) < 4.78 is 12.5. The topological polar surface area (TPSA) is 135 Å². The van der Waals surface area contributed by atoms with Crippen LogP contribution < -0.4 is 15.7 Å². The van der Waals surface area contributed by atoms with Crippen molar-refractivity contribution in [2.24, 2.45) is 11.7 Å². The number of anilines is 2. The first kappa shape index (κ1) is 19.0. The number of benzene rings is 1. The van der Waals surface area contributed by atoms with Crippen LogP contribution in [0.5, 0.6) is 5.75 Å². The fourth-order valence-electron chi connectivity index (χ4n) is 3.52. The van der Waals surface area contributed by atoms with Gasteiger partial charge in [0.1, 0.15) is 11.3 Å². The molecular formula is C19H20BN5O4. The smallest absolute Gasteiger partial charge is 0.532 e. The summed E-state index contributed by atoms with van der Waals surface area (Å²) in [7, 11) is -0.969. The van der Waals surface area contributed by atoms with Crippen molar-refractivity contribution in [1.29, 1.82) is 5.26 Å². The van der Waals surface area contributed by atoms with E-state index in [1.807, 2.05) is 13.0 Å². The highest BCUT2D eigenvalue weighted by Crippen LogP contribution is 2.33. The quantitative estimate of drug-likeness (QED) is 0.671. The molecule has 3 heterocycles. The number of nitrogens with one attached hydrogen (secondary N) is 1. The number of aromatic nitrogens is 2. The molecule has 4 rings (SSSR count). The van der Waals surface area contributed by atoms with Crippen LogP contribution in [0.1, 0.15) is 33.9 Å². The number of carbonyl (C=O) groups excluding carboxylic acids is 1. The molecule has 9 nitrogen and oxygen atoms in total. The van der Waals surface area contributed by atoms with E-state index in [4.69, 9.17) is 15.1 Å². The SMILES string of the molecule is Cc1cc2c(cc1Nc1nn(C3COCC[C@@H]3C#N)cc1C(N)=O)C=CB(O)O2.